The number of aryl methyl sites for hydroxylation is 2. The van der Waals surface area contributed by atoms with Gasteiger partial charge in [0, 0.05) is 52.1 Å². The zero-order valence-corrected chi connectivity index (χ0v) is 36.9. The molecule has 0 saturated carbocycles. The van der Waals surface area contributed by atoms with E-state index in [1.807, 2.05) is 49.4 Å². The summed E-state index contributed by atoms with van der Waals surface area (Å²) in [6, 6.07) is 25.8. The van der Waals surface area contributed by atoms with E-state index in [2.05, 4.69) is 123 Å². The Labute approximate surface area is 346 Å². The Morgan fingerprint density at radius 2 is 1.40 bits per heavy atom. The van der Waals surface area contributed by atoms with Crippen molar-refractivity contribution in [2.45, 2.75) is 137 Å². The van der Waals surface area contributed by atoms with Crippen molar-refractivity contribution in [3.8, 4) is 17.5 Å². The van der Waals surface area contributed by atoms with E-state index in [0.717, 1.165) is 44.9 Å². The van der Waals surface area contributed by atoms with Crippen molar-refractivity contribution in [1.82, 2.24) is 9.97 Å². The van der Waals surface area contributed by atoms with Gasteiger partial charge in [0.15, 0.2) is 0 Å². The summed E-state index contributed by atoms with van der Waals surface area (Å²) in [6.07, 6.45) is -1.27. The predicted molar refractivity (Wildman–Crippen MR) is 223 cm³/mol. The van der Waals surface area contributed by atoms with Crippen LogP contribution in [-0.2, 0) is 49.1 Å². The summed E-state index contributed by atoms with van der Waals surface area (Å²) in [6.45, 7) is 28.1. The van der Waals surface area contributed by atoms with Crippen LogP contribution in [0.1, 0.15) is 143 Å². The number of aromatic hydroxyl groups is 1. The van der Waals surface area contributed by atoms with Gasteiger partial charge in [-0.05, 0) is 82.0 Å². The van der Waals surface area contributed by atoms with Crippen molar-refractivity contribution in [2.75, 3.05) is 4.90 Å². The topological polar surface area (TPSA) is 70.8 Å². The van der Waals surface area contributed by atoms with Crippen molar-refractivity contribution in [3.63, 3.8) is 0 Å². The fourth-order valence-corrected chi connectivity index (χ4v) is 7.36. The second-order valence-electron chi connectivity index (χ2n) is 19.3. The predicted octanol–water partition coefficient (Wildman–Crippen LogP) is 11.7. The van der Waals surface area contributed by atoms with Crippen LogP contribution in [0.25, 0.3) is 10.9 Å². The van der Waals surface area contributed by atoms with Gasteiger partial charge in [0.25, 0.3) is 0 Å². The molecule has 0 amide bonds. The van der Waals surface area contributed by atoms with E-state index in [-0.39, 0.29) is 67.1 Å². The van der Waals surface area contributed by atoms with E-state index in [1.54, 1.807) is 0 Å². The monoisotopic (exact) mass is 918 g/mol. The van der Waals surface area contributed by atoms with Crippen LogP contribution >= 0.6 is 0 Å². The molecule has 3 aromatic carbocycles. The molecule has 55 heavy (non-hydrogen) atoms. The van der Waals surface area contributed by atoms with Gasteiger partial charge in [0.2, 0.25) is 11.8 Å². The molecule has 7 heteroatoms. The zero-order chi connectivity index (χ0) is 40.9. The number of rotatable bonds is 4. The number of nitrogens with zero attached hydrogens (tertiary/aromatic N) is 4. The molecule has 2 aromatic heterocycles. The van der Waals surface area contributed by atoms with Crippen molar-refractivity contribution < 1.29 is 33.7 Å². The average Bonchev–Trinajstić information content (AvgIpc) is 3.45. The maximum absolute atomic E-state index is 11.1. The summed E-state index contributed by atoms with van der Waals surface area (Å²) in [5, 5.41) is 11.9. The van der Waals surface area contributed by atoms with Crippen LogP contribution in [0.4, 0.5) is 5.69 Å². The van der Waals surface area contributed by atoms with Gasteiger partial charge in [-0.3, -0.25) is 0 Å². The Kier molecular flexibility index (Phi) is 9.76. The fourth-order valence-electron chi connectivity index (χ4n) is 7.36. The number of pyridine rings is 2. The number of aromatic nitrogens is 2. The molecule has 0 fully saturated rings. The molecular formula is C48H57N4O2Pt-. The molecule has 1 unspecified atom stereocenters. The summed E-state index contributed by atoms with van der Waals surface area (Å²) < 4.78 is 25.2. The number of hydrogen-bond donors (Lipinski definition) is 1. The Hall–Kier alpha value is -4.02. The molecule has 6 nitrogen and oxygen atoms in total. The second-order valence-corrected chi connectivity index (χ2v) is 19.3. The van der Waals surface area contributed by atoms with E-state index in [0.29, 0.717) is 22.7 Å². The van der Waals surface area contributed by atoms with Gasteiger partial charge >= 0.3 is 0 Å². The molecule has 1 aliphatic heterocycles. The molecule has 7 rings (SSSR count). The maximum Gasteiger partial charge on any atom is 0.238 e. The van der Waals surface area contributed by atoms with Crippen molar-refractivity contribution >= 4 is 22.4 Å². The molecule has 5 aromatic rings. The third-order valence-electron chi connectivity index (χ3n) is 10.8. The molecule has 2 atom stereocenters. The van der Waals surface area contributed by atoms with Crippen molar-refractivity contribution in [1.29, 1.82) is 0 Å². The maximum atomic E-state index is 11.1. The van der Waals surface area contributed by atoms with Gasteiger partial charge in [-0.15, -0.1) is 17.2 Å². The molecule has 0 radical (unpaired) electrons. The number of anilines is 1. The van der Waals surface area contributed by atoms with Crippen LogP contribution in [0.15, 0.2) is 71.7 Å². The van der Waals surface area contributed by atoms with Gasteiger partial charge in [0.05, 0.1) is 23.6 Å². The summed E-state index contributed by atoms with van der Waals surface area (Å²) in [5.74, 6) is 1.41. The van der Waals surface area contributed by atoms with Gasteiger partial charge in [-0.2, -0.15) is 0 Å². The molecule has 0 saturated heterocycles. The minimum Gasteiger partial charge on any atom is -0.492 e. The van der Waals surface area contributed by atoms with Gasteiger partial charge < -0.3 is 19.7 Å². The molecule has 2 aliphatic rings. The van der Waals surface area contributed by atoms with E-state index < -0.39 is 6.37 Å². The van der Waals surface area contributed by atoms with Crippen LogP contribution in [0.3, 0.4) is 0 Å². The van der Waals surface area contributed by atoms with E-state index in [1.165, 1.54) is 11.1 Å². The standard InChI is InChI=1S/C48H57N4O2.Pt/c1-28-20-40(50-42-37(28)27-39(48(11,12)13)49-44(42)53)54-35-22-30(21-31(26-35)45(2,3)4)43-51-41-36-17-15-14-16-29(36)18-19-38(41)52(43)34-24-32(46(5,6)7)23-33(25-34)47(8,9)10;/h14-17,20-21,23-27,38,41H,18-19H2,1-13H3,(H,49,53);/q-1;/t38?,41-;/m0./s1/i18D2;. The normalized spacial score (nSPS) is 18.9. The van der Waals surface area contributed by atoms with Crippen LogP contribution < -0.4 is 9.64 Å². The first kappa shape index (κ1) is 37.9. The molecular weight excluding hydrogens is 860 g/mol. The van der Waals surface area contributed by atoms with Gasteiger partial charge in [0.1, 0.15) is 5.52 Å². The number of aliphatic imine (C=N–C) groups is 1. The molecule has 1 N–H and O–H groups in total. The molecule has 0 spiro atoms. The van der Waals surface area contributed by atoms with E-state index >= 15 is 0 Å². The van der Waals surface area contributed by atoms with E-state index in [9.17, 15) is 7.85 Å². The Bertz CT molecular complexity index is 2360. The number of amidine groups is 1. The second kappa shape index (κ2) is 14.2. The Morgan fingerprint density at radius 1 is 0.782 bits per heavy atom. The van der Waals surface area contributed by atoms with Crippen molar-refractivity contribution in [3.05, 3.63) is 117 Å². The number of ether oxygens (including phenoxy) is 1. The average molecular weight is 919 g/mol. The quantitative estimate of drug-likeness (QED) is 0.182. The van der Waals surface area contributed by atoms with Crippen LogP contribution in [0.5, 0.6) is 17.5 Å². The first-order valence-electron chi connectivity index (χ1n) is 20.2. The van der Waals surface area contributed by atoms with E-state index in [4.69, 9.17) is 14.7 Å². The number of hydrogen-bond acceptors (Lipinski definition) is 6. The van der Waals surface area contributed by atoms with Gasteiger partial charge in [-0.1, -0.05) is 126 Å². The summed E-state index contributed by atoms with van der Waals surface area (Å²) in [7, 11) is 0. The van der Waals surface area contributed by atoms with Crippen LogP contribution in [0, 0.1) is 13.0 Å². The smallest absolute Gasteiger partial charge is 0.238 e. The summed E-state index contributed by atoms with van der Waals surface area (Å²) in [5.41, 5.74) is 8.17. The van der Waals surface area contributed by atoms with Gasteiger partial charge in [-0.25, -0.2) is 9.97 Å². The fraction of sp³-hybridized carbons (Fsp3) is 0.438. The van der Waals surface area contributed by atoms with Crippen LogP contribution in [0.2, 0.25) is 0 Å². The minimum absolute atomic E-state index is 0. The SMILES string of the molecule is [2H]C1([2H])CC2[C@@H](N=C(c3[c-]c(Oc4cc(C)c5cc(C(C)(C)C)nc(O)c5n4)cc(C(C)(C)C)c3)N2c2cc(C(C)(C)C)cc(C(C)(C)C)c2)c2ccccc21.[Pt]. The molecule has 0 bridgehead atoms. The minimum atomic E-state index is -1.55. The summed E-state index contributed by atoms with van der Waals surface area (Å²) >= 11 is 0. The molecule has 1 aliphatic carbocycles. The zero-order valence-electron chi connectivity index (χ0n) is 36.7. The van der Waals surface area contributed by atoms with Crippen molar-refractivity contribution in [2.24, 2.45) is 4.99 Å². The van der Waals surface area contributed by atoms with Crippen LogP contribution in [-0.4, -0.2) is 27.0 Å². The Morgan fingerprint density at radius 3 is 2.02 bits per heavy atom. The third-order valence-corrected chi connectivity index (χ3v) is 10.8. The third kappa shape index (κ3) is 7.99. The molecule has 3 heterocycles. The first-order valence-corrected chi connectivity index (χ1v) is 19.2. The number of fused-ring (bicyclic) bond motifs is 4. The largest absolute Gasteiger partial charge is 0.492 e. The first-order chi connectivity index (χ1) is 25.8. The molecule has 292 valence electrons. The number of benzene rings is 3. The Balaban J connectivity index is 0.00000549. The summed E-state index contributed by atoms with van der Waals surface area (Å²) in [4.78, 5) is 17.1.